The first-order valence-corrected chi connectivity index (χ1v) is 4.35. The van der Waals surface area contributed by atoms with Gasteiger partial charge in [-0.3, -0.25) is 0 Å². The highest BCUT2D eigenvalue weighted by Crippen LogP contribution is 2.16. The minimum Gasteiger partial charge on any atom is -0.392 e. The highest BCUT2D eigenvalue weighted by atomic mass is 16.3. The van der Waals surface area contributed by atoms with Gasteiger partial charge in [-0.05, 0) is 11.6 Å². The fraction of sp³-hybridized carbons (Fsp3) is 0.200. The molecule has 14 heavy (non-hydrogen) atoms. The van der Waals surface area contributed by atoms with Gasteiger partial charge >= 0.3 is 0 Å². The fourth-order valence-corrected chi connectivity index (χ4v) is 1.35. The number of rotatable bonds is 2. The molecule has 0 unspecified atom stereocenters. The molecule has 1 aromatic carbocycles. The Balaban J connectivity index is 2.47. The van der Waals surface area contributed by atoms with Crippen LogP contribution in [0.1, 0.15) is 5.56 Å². The fourth-order valence-electron chi connectivity index (χ4n) is 1.35. The lowest BCUT2D eigenvalue weighted by Crippen LogP contribution is -1.92. The van der Waals surface area contributed by atoms with Crippen molar-refractivity contribution in [1.29, 1.82) is 0 Å². The number of hydrogen-bond donors (Lipinski definition) is 1. The second-order valence-corrected chi connectivity index (χ2v) is 3.12. The molecule has 0 saturated heterocycles. The van der Waals surface area contributed by atoms with Crippen LogP contribution in [-0.2, 0) is 13.7 Å². The van der Waals surface area contributed by atoms with Crippen LogP contribution < -0.4 is 0 Å². The predicted octanol–water partition coefficient (Wildman–Crippen LogP) is 0.974. The van der Waals surface area contributed by atoms with E-state index in [-0.39, 0.29) is 6.61 Å². The molecule has 0 fully saturated rings. The maximum Gasteiger partial charge on any atom is 0.163 e. The normalized spacial score (nSPS) is 10.4. The number of aromatic nitrogens is 3. The first kappa shape index (κ1) is 8.90. The molecule has 2 rings (SSSR count). The SMILES string of the molecule is Cn1cnnc1-c1cccc(CO)c1. The lowest BCUT2D eigenvalue weighted by molar-refractivity contribution is 0.282. The van der Waals surface area contributed by atoms with Crippen LogP contribution in [0.2, 0.25) is 0 Å². The smallest absolute Gasteiger partial charge is 0.163 e. The van der Waals surface area contributed by atoms with Gasteiger partial charge in [0.25, 0.3) is 0 Å². The second-order valence-electron chi connectivity index (χ2n) is 3.12. The molecule has 0 amide bonds. The molecule has 0 aliphatic heterocycles. The van der Waals surface area contributed by atoms with E-state index in [4.69, 9.17) is 5.11 Å². The van der Waals surface area contributed by atoms with E-state index in [0.29, 0.717) is 0 Å². The predicted molar refractivity (Wildman–Crippen MR) is 52.4 cm³/mol. The zero-order chi connectivity index (χ0) is 9.97. The summed E-state index contributed by atoms with van der Waals surface area (Å²) in [5.74, 6) is 0.806. The maximum atomic E-state index is 8.99. The number of nitrogens with zero attached hydrogens (tertiary/aromatic N) is 3. The molecule has 4 heteroatoms. The quantitative estimate of drug-likeness (QED) is 0.766. The summed E-state index contributed by atoms with van der Waals surface area (Å²) in [5, 5.41) is 16.8. The highest BCUT2D eigenvalue weighted by molar-refractivity contribution is 5.55. The second kappa shape index (κ2) is 3.59. The highest BCUT2D eigenvalue weighted by Gasteiger charge is 2.04. The molecule has 1 aromatic heterocycles. The van der Waals surface area contributed by atoms with Gasteiger partial charge in [0.2, 0.25) is 0 Å². The summed E-state index contributed by atoms with van der Waals surface area (Å²) in [7, 11) is 1.89. The van der Waals surface area contributed by atoms with E-state index in [1.807, 2.05) is 35.9 Å². The van der Waals surface area contributed by atoms with Crippen molar-refractivity contribution in [2.45, 2.75) is 6.61 Å². The Labute approximate surface area is 81.8 Å². The summed E-state index contributed by atoms with van der Waals surface area (Å²) in [6, 6.07) is 7.63. The maximum absolute atomic E-state index is 8.99. The summed E-state index contributed by atoms with van der Waals surface area (Å²) in [5.41, 5.74) is 1.85. The van der Waals surface area contributed by atoms with E-state index in [1.54, 1.807) is 6.33 Å². The van der Waals surface area contributed by atoms with Gasteiger partial charge in [0.15, 0.2) is 5.82 Å². The monoisotopic (exact) mass is 189 g/mol. The Morgan fingerprint density at radius 2 is 2.29 bits per heavy atom. The van der Waals surface area contributed by atoms with Gasteiger partial charge in [-0.2, -0.15) is 0 Å². The topological polar surface area (TPSA) is 50.9 Å². The van der Waals surface area contributed by atoms with Crippen LogP contribution in [0.3, 0.4) is 0 Å². The molecule has 72 valence electrons. The molecule has 4 nitrogen and oxygen atoms in total. The summed E-state index contributed by atoms with van der Waals surface area (Å²) >= 11 is 0. The molecular formula is C10H11N3O. The van der Waals surface area contributed by atoms with Crippen molar-refractivity contribution in [2.24, 2.45) is 7.05 Å². The van der Waals surface area contributed by atoms with Gasteiger partial charge < -0.3 is 9.67 Å². The van der Waals surface area contributed by atoms with E-state index in [1.165, 1.54) is 0 Å². The van der Waals surface area contributed by atoms with Crippen LogP contribution in [0.5, 0.6) is 0 Å². The van der Waals surface area contributed by atoms with Crippen molar-refractivity contribution in [3.05, 3.63) is 36.2 Å². The average Bonchev–Trinajstić information content (AvgIpc) is 2.65. The minimum absolute atomic E-state index is 0.0473. The first-order chi connectivity index (χ1) is 6.81. The lowest BCUT2D eigenvalue weighted by Gasteiger charge is -2.01. The lowest BCUT2D eigenvalue weighted by atomic mass is 10.1. The van der Waals surface area contributed by atoms with E-state index >= 15 is 0 Å². The van der Waals surface area contributed by atoms with Crippen molar-refractivity contribution >= 4 is 0 Å². The molecule has 2 aromatic rings. The van der Waals surface area contributed by atoms with Crippen LogP contribution in [0.4, 0.5) is 0 Å². The Morgan fingerprint density at radius 1 is 1.43 bits per heavy atom. The van der Waals surface area contributed by atoms with Crippen molar-refractivity contribution in [2.75, 3.05) is 0 Å². The largest absolute Gasteiger partial charge is 0.392 e. The van der Waals surface area contributed by atoms with Gasteiger partial charge in [-0.15, -0.1) is 10.2 Å². The van der Waals surface area contributed by atoms with Crippen LogP contribution in [0.15, 0.2) is 30.6 Å². The number of benzene rings is 1. The van der Waals surface area contributed by atoms with Gasteiger partial charge in [0, 0.05) is 12.6 Å². The van der Waals surface area contributed by atoms with Gasteiger partial charge in [-0.25, -0.2) is 0 Å². The molecule has 0 bridgehead atoms. The van der Waals surface area contributed by atoms with Crippen LogP contribution in [0.25, 0.3) is 11.4 Å². The summed E-state index contributed by atoms with van der Waals surface area (Å²) < 4.78 is 1.84. The van der Waals surface area contributed by atoms with Crippen molar-refractivity contribution in [3.63, 3.8) is 0 Å². The third kappa shape index (κ3) is 1.52. The molecule has 0 radical (unpaired) electrons. The Kier molecular flexibility index (Phi) is 2.28. The van der Waals surface area contributed by atoms with Crippen molar-refractivity contribution in [1.82, 2.24) is 14.8 Å². The average molecular weight is 189 g/mol. The third-order valence-electron chi connectivity index (χ3n) is 2.08. The van der Waals surface area contributed by atoms with Crippen LogP contribution in [-0.4, -0.2) is 19.9 Å². The van der Waals surface area contributed by atoms with Crippen molar-refractivity contribution in [3.8, 4) is 11.4 Å². The standard InChI is InChI=1S/C10H11N3O/c1-13-7-11-12-10(13)9-4-2-3-8(5-9)6-14/h2-5,7,14H,6H2,1H3. The molecule has 1 heterocycles. The molecule has 0 aliphatic rings. The van der Waals surface area contributed by atoms with E-state index in [2.05, 4.69) is 10.2 Å². The van der Waals surface area contributed by atoms with Gasteiger partial charge in [0.05, 0.1) is 6.61 Å². The van der Waals surface area contributed by atoms with E-state index in [9.17, 15) is 0 Å². The molecule has 0 spiro atoms. The summed E-state index contributed by atoms with van der Waals surface area (Å²) in [6.45, 7) is 0.0473. The van der Waals surface area contributed by atoms with E-state index in [0.717, 1.165) is 17.0 Å². The molecule has 0 saturated carbocycles. The van der Waals surface area contributed by atoms with Crippen LogP contribution in [0, 0.1) is 0 Å². The minimum atomic E-state index is 0.0473. The Hall–Kier alpha value is -1.68. The van der Waals surface area contributed by atoms with Gasteiger partial charge in [-0.1, -0.05) is 18.2 Å². The third-order valence-corrected chi connectivity index (χ3v) is 2.08. The molecular weight excluding hydrogens is 178 g/mol. The number of aliphatic hydroxyl groups is 1. The van der Waals surface area contributed by atoms with Crippen molar-refractivity contribution < 1.29 is 5.11 Å². The summed E-state index contributed by atoms with van der Waals surface area (Å²) in [6.07, 6.45) is 1.65. The number of aliphatic hydroxyl groups excluding tert-OH is 1. The van der Waals surface area contributed by atoms with Crippen LogP contribution >= 0.6 is 0 Å². The first-order valence-electron chi connectivity index (χ1n) is 4.35. The number of aryl methyl sites for hydroxylation is 1. The molecule has 1 N–H and O–H groups in total. The zero-order valence-electron chi connectivity index (χ0n) is 7.88. The zero-order valence-corrected chi connectivity index (χ0v) is 7.88. The Morgan fingerprint density at radius 3 is 2.93 bits per heavy atom. The summed E-state index contributed by atoms with van der Waals surface area (Å²) in [4.78, 5) is 0. The molecule has 0 aliphatic carbocycles. The number of hydrogen-bond acceptors (Lipinski definition) is 3. The Bertz CT molecular complexity index is 436. The molecule has 0 atom stereocenters. The van der Waals surface area contributed by atoms with Gasteiger partial charge in [0.1, 0.15) is 6.33 Å². The van der Waals surface area contributed by atoms with E-state index < -0.39 is 0 Å².